The van der Waals surface area contributed by atoms with Gasteiger partial charge in [-0.15, -0.1) is 0 Å². The lowest BCUT2D eigenvalue weighted by molar-refractivity contribution is 0.205. The van der Waals surface area contributed by atoms with Gasteiger partial charge >= 0.3 is 0 Å². The molecule has 4 heteroatoms. The first-order valence-electron chi connectivity index (χ1n) is 8.45. The van der Waals surface area contributed by atoms with E-state index in [4.69, 9.17) is 5.10 Å². The average Bonchev–Trinajstić information content (AvgIpc) is 3.08. The lowest BCUT2D eigenvalue weighted by atomic mass is 9.89. The SMILES string of the molecule is Cn1cc(CN2CCCC2C2CCCN2)c(C(C)(C)C)n1. The number of hydrogen-bond acceptors (Lipinski definition) is 3. The van der Waals surface area contributed by atoms with Crippen LogP contribution < -0.4 is 5.32 Å². The van der Waals surface area contributed by atoms with E-state index in [9.17, 15) is 0 Å². The van der Waals surface area contributed by atoms with Crippen LogP contribution in [0.25, 0.3) is 0 Å². The smallest absolute Gasteiger partial charge is 0.0722 e. The minimum Gasteiger partial charge on any atom is -0.312 e. The van der Waals surface area contributed by atoms with Crippen LogP contribution in [0.15, 0.2) is 6.20 Å². The maximum absolute atomic E-state index is 4.72. The first-order valence-corrected chi connectivity index (χ1v) is 8.45. The Morgan fingerprint density at radius 3 is 2.76 bits per heavy atom. The van der Waals surface area contributed by atoms with Crippen molar-refractivity contribution < 1.29 is 0 Å². The summed E-state index contributed by atoms with van der Waals surface area (Å²) in [5.41, 5.74) is 2.79. The monoisotopic (exact) mass is 290 g/mol. The molecule has 2 unspecified atom stereocenters. The second-order valence-electron chi connectivity index (χ2n) is 7.81. The van der Waals surface area contributed by atoms with E-state index in [0.717, 1.165) is 12.6 Å². The van der Waals surface area contributed by atoms with E-state index >= 15 is 0 Å². The Balaban J connectivity index is 1.76. The summed E-state index contributed by atoms with van der Waals surface area (Å²) in [6.45, 7) is 10.3. The number of likely N-dealkylation sites (tertiary alicyclic amines) is 1. The molecule has 2 fully saturated rings. The predicted molar refractivity (Wildman–Crippen MR) is 86.4 cm³/mol. The van der Waals surface area contributed by atoms with Crippen molar-refractivity contribution in [2.45, 2.75) is 70.5 Å². The topological polar surface area (TPSA) is 33.1 Å². The molecular formula is C17H30N4. The molecule has 2 saturated heterocycles. The van der Waals surface area contributed by atoms with Gasteiger partial charge in [0, 0.05) is 42.9 Å². The third kappa shape index (κ3) is 3.16. The quantitative estimate of drug-likeness (QED) is 0.928. The second-order valence-corrected chi connectivity index (χ2v) is 7.81. The molecule has 2 aliphatic heterocycles. The number of hydrogen-bond donors (Lipinski definition) is 1. The molecule has 0 spiro atoms. The maximum Gasteiger partial charge on any atom is 0.0722 e. The largest absolute Gasteiger partial charge is 0.312 e. The van der Waals surface area contributed by atoms with E-state index in [2.05, 4.69) is 37.2 Å². The summed E-state index contributed by atoms with van der Waals surface area (Å²) >= 11 is 0. The van der Waals surface area contributed by atoms with Crippen LogP contribution in [0.5, 0.6) is 0 Å². The van der Waals surface area contributed by atoms with Gasteiger partial charge < -0.3 is 5.32 Å². The Bertz CT molecular complexity index is 479. The average molecular weight is 290 g/mol. The standard InChI is InChI=1S/C17H30N4/c1-17(2,3)16-13(11-20(4)19-16)12-21-10-6-8-15(21)14-7-5-9-18-14/h11,14-15,18H,5-10,12H2,1-4H3. The Labute approximate surface area is 128 Å². The fourth-order valence-electron chi connectivity index (χ4n) is 4.05. The van der Waals surface area contributed by atoms with Crippen LogP contribution in [0.4, 0.5) is 0 Å². The Kier molecular flexibility index (Phi) is 4.10. The van der Waals surface area contributed by atoms with Gasteiger partial charge in [0.05, 0.1) is 5.69 Å². The summed E-state index contributed by atoms with van der Waals surface area (Å²) in [6.07, 6.45) is 7.60. The van der Waals surface area contributed by atoms with Crippen molar-refractivity contribution in [2.24, 2.45) is 7.05 Å². The van der Waals surface area contributed by atoms with Crippen LogP contribution in [-0.4, -0.2) is 39.9 Å². The molecule has 2 aliphatic rings. The van der Waals surface area contributed by atoms with E-state index in [0.29, 0.717) is 6.04 Å². The molecule has 0 saturated carbocycles. The minimum atomic E-state index is 0.122. The highest BCUT2D eigenvalue weighted by atomic mass is 15.3. The zero-order valence-corrected chi connectivity index (χ0v) is 14.0. The van der Waals surface area contributed by atoms with Gasteiger partial charge in [0.2, 0.25) is 0 Å². The van der Waals surface area contributed by atoms with Gasteiger partial charge in [0.25, 0.3) is 0 Å². The first kappa shape index (κ1) is 15.0. The first-order chi connectivity index (χ1) is 9.95. The van der Waals surface area contributed by atoms with Crippen LogP contribution in [0.2, 0.25) is 0 Å². The van der Waals surface area contributed by atoms with Gasteiger partial charge in [-0.25, -0.2) is 0 Å². The highest BCUT2D eigenvalue weighted by molar-refractivity contribution is 5.24. The molecule has 0 aliphatic carbocycles. The number of aryl methyl sites for hydroxylation is 1. The lowest BCUT2D eigenvalue weighted by Gasteiger charge is -2.30. The van der Waals surface area contributed by atoms with Gasteiger partial charge in [-0.3, -0.25) is 9.58 Å². The third-order valence-corrected chi connectivity index (χ3v) is 4.97. The maximum atomic E-state index is 4.72. The summed E-state index contributed by atoms with van der Waals surface area (Å²) in [5, 5.41) is 8.42. The fraction of sp³-hybridized carbons (Fsp3) is 0.824. The van der Waals surface area contributed by atoms with Gasteiger partial charge in [0.15, 0.2) is 0 Å². The molecular weight excluding hydrogens is 260 g/mol. The van der Waals surface area contributed by atoms with Gasteiger partial charge in [-0.1, -0.05) is 20.8 Å². The van der Waals surface area contributed by atoms with Crippen LogP contribution in [-0.2, 0) is 19.0 Å². The lowest BCUT2D eigenvalue weighted by Crippen LogP contribution is -2.43. The normalized spacial score (nSPS) is 27.6. The summed E-state index contributed by atoms with van der Waals surface area (Å²) in [6, 6.07) is 1.43. The Hall–Kier alpha value is -0.870. The highest BCUT2D eigenvalue weighted by Crippen LogP contribution is 2.30. The molecule has 3 heterocycles. The molecule has 1 aromatic rings. The Morgan fingerprint density at radius 1 is 1.29 bits per heavy atom. The van der Waals surface area contributed by atoms with Crippen LogP contribution in [0.1, 0.15) is 57.7 Å². The number of nitrogens with zero attached hydrogens (tertiary/aromatic N) is 3. The molecule has 0 amide bonds. The van der Waals surface area contributed by atoms with Gasteiger partial charge in [-0.05, 0) is 38.8 Å². The third-order valence-electron chi connectivity index (χ3n) is 4.97. The van der Waals surface area contributed by atoms with Crippen molar-refractivity contribution >= 4 is 0 Å². The van der Waals surface area contributed by atoms with Crippen molar-refractivity contribution in [3.05, 3.63) is 17.5 Å². The van der Waals surface area contributed by atoms with Crippen molar-refractivity contribution in [1.29, 1.82) is 0 Å². The van der Waals surface area contributed by atoms with Crippen LogP contribution in [0.3, 0.4) is 0 Å². The summed E-state index contributed by atoms with van der Waals surface area (Å²) < 4.78 is 1.98. The second kappa shape index (κ2) is 5.73. The molecule has 21 heavy (non-hydrogen) atoms. The highest BCUT2D eigenvalue weighted by Gasteiger charge is 2.34. The molecule has 2 atom stereocenters. The van der Waals surface area contributed by atoms with Crippen LogP contribution in [0, 0.1) is 0 Å². The number of nitrogens with one attached hydrogen (secondary N) is 1. The molecule has 118 valence electrons. The van der Waals surface area contributed by atoms with Crippen LogP contribution >= 0.6 is 0 Å². The van der Waals surface area contributed by atoms with E-state index in [1.54, 1.807) is 0 Å². The summed E-state index contributed by atoms with van der Waals surface area (Å²) in [7, 11) is 2.04. The zero-order valence-electron chi connectivity index (χ0n) is 14.0. The van der Waals surface area contributed by atoms with Gasteiger partial charge in [0.1, 0.15) is 0 Å². The molecule has 1 aromatic heterocycles. The summed E-state index contributed by atoms with van der Waals surface area (Å²) in [4.78, 5) is 2.69. The van der Waals surface area contributed by atoms with E-state index in [1.807, 2.05) is 11.7 Å². The predicted octanol–water partition coefficient (Wildman–Crippen LogP) is 2.43. The van der Waals surface area contributed by atoms with Crippen molar-refractivity contribution in [3.8, 4) is 0 Å². The molecule has 1 N–H and O–H groups in total. The number of aromatic nitrogens is 2. The molecule has 4 nitrogen and oxygen atoms in total. The van der Waals surface area contributed by atoms with Crippen molar-refractivity contribution in [2.75, 3.05) is 13.1 Å². The molecule has 3 rings (SSSR count). The van der Waals surface area contributed by atoms with Crippen molar-refractivity contribution in [1.82, 2.24) is 20.0 Å². The molecule has 0 aromatic carbocycles. The van der Waals surface area contributed by atoms with E-state index in [1.165, 1.54) is 50.0 Å². The zero-order chi connectivity index (χ0) is 15.0. The Morgan fingerprint density at radius 2 is 2.10 bits per heavy atom. The molecule has 0 bridgehead atoms. The number of rotatable bonds is 3. The van der Waals surface area contributed by atoms with E-state index in [-0.39, 0.29) is 5.41 Å². The van der Waals surface area contributed by atoms with Gasteiger partial charge in [-0.2, -0.15) is 5.10 Å². The molecule has 0 radical (unpaired) electrons. The minimum absolute atomic E-state index is 0.122. The summed E-state index contributed by atoms with van der Waals surface area (Å²) in [5.74, 6) is 0. The van der Waals surface area contributed by atoms with Crippen molar-refractivity contribution in [3.63, 3.8) is 0 Å². The fourth-order valence-corrected chi connectivity index (χ4v) is 4.05. The van der Waals surface area contributed by atoms with E-state index < -0.39 is 0 Å².